The Hall–Kier alpha value is -1.97. The molecule has 0 spiro atoms. The summed E-state index contributed by atoms with van der Waals surface area (Å²) in [7, 11) is -3.78. The Bertz CT molecular complexity index is 784. The number of nitrogens with one attached hydrogen (secondary N) is 1. The predicted octanol–water partition coefficient (Wildman–Crippen LogP) is 0.611. The van der Waals surface area contributed by atoms with Crippen LogP contribution < -0.4 is 16.2 Å². The number of rotatable bonds is 5. The van der Waals surface area contributed by atoms with Crippen molar-refractivity contribution in [1.82, 2.24) is 9.71 Å². The van der Waals surface area contributed by atoms with Crippen molar-refractivity contribution in [2.75, 3.05) is 5.73 Å². The molecule has 0 saturated heterocycles. The Labute approximate surface area is 126 Å². The van der Waals surface area contributed by atoms with Crippen LogP contribution in [0.1, 0.15) is 21.1 Å². The summed E-state index contributed by atoms with van der Waals surface area (Å²) in [6.45, 7) is 1.91. The zero-order valence-corrected chi connectivity index (χ0v) is 12.8. The maximum atomic E-state index is 12.2. The Morgan fingerprint density at radius 2 is 2.14 bits per heavy atom. The fourth-order valence-corrected chi connectivity index (χ4v) is 3.41. The second-order valence-electron chi connectivity index (χ2n) is 4.30. The SMILES string of the molecule is Cc1nc(CNS(=O)(=O)c2ccc(C(N)=O)cc2N)cs1. The lowest BCUT2D eigenvalue weighted by Gasteiger charge is -2.09. The maximum absolute atomic E-state index is 12.2. The third-order valence-corrected chi connectivity index (χ3v) is 4.99. The molecule has 1 heterocycles. The summed E-state index contributed by atoms with van der Waals surface area (Å²) >= 11 is 1.44. The first-order chi connectivity index (χ1) is 9.79. The zero-order valence-electron chi connectivity index (χ0n) is 11.2. The fourth-order valence-electron chi connectivity index (χ4n) is 1.68. The smallest absolute Gasteiger partial charge is 0.248 e. The number of hydrogen-bond acceptors (Lipinski definition) is 6. The van der Waals surface area contributed by atoms with E-state index in [9.17, 15) is 13.2 Å². The van der Waals surface area contributed by atoms with E-state index in [0.29, 0.717) is 5.69 Å². The van der Waals surface area contributed by atoms with E-state index in [1.165, 1.54) is 29.5 Å². The van der Waals surface area contributed by atoms with E-state index < -0.39 is 15.9 Å². The number of aromatic nitrogens is 1. The lowest BCUT2D eigenvalue weighted by atomic mass is 10.2. The van der Waals surface area contributed by atoms with Gasteiger partial charge in [0.05, 0.1) is 22.9 Å². The van der Waals surface area contributed by atoms with Crippen LogP contribution in [0.15, 0.2) is 28.5 Å². The predicted molar refractivity (Wildman–Crippen MR) is 80.2 cm³/mol. The first kappa shape index (κ1) is 15.4. The zero-order chi connectivity index (χ0) is 15.6. The molecule has 0 aliphatic heterocycles. The van der Waals surface area contributed by atoms with Gasteiger partial charge in [0.25, 0.3) is 0 Å². The number of hydrogen-bond donors (Lipinski definition) is 3. The number of benzene rings is 1. The second kappa shape index (κ2) is 5.80. The van der Waals surface area contributed by atoms with Gasteiger partial charge in [-0.05, 0) is 25.1 Å². The minimum absolute atomic E-state index is 0.0340. The topological polar surface area (TPSA) is 128 Å². The molecule has 1 aromatic heterocycles. The summed E-state index contributed by atoms with van der Waals surface area (Å²) in [5.74, 6) is -0.670. The van der Waals surface area contributed by atoms with E-state index in [4.69, 9.17) is 11.5 Å². The van der Waals surface area contributed by atoms with E-state index in [1.54, 1.807) is 5.38 Å². The lowest BCUT2D eigenvalue weighted by Crippen LogP contribution is -2.24. The Morgan fingerprint density at radius 3 is 2.67 bits per heavy atom. The van der Waals surface area contributed by atoms with E-state index in [0.717, 1.165) is 5.01 Å². The monoisotopic (exact) mass is 326 g/mol. The molecule has 0 fully saturated rings. The number of nitrogens with zero attached hydrogens (tertiary/aromatic N) is 1. The summed E-state index contributed by atoms with van der Waals surface area (Å²) in [6.07, 6.45) is 0. The summed E-state index contributed by atoms with van der Waals surface area (Å²) in [4.78, 5) is 15.1. The summed E-state index contributed by atoms with van der Waals surface area (Å²) < 4.78 is 26.8. The van der Waals surface area contributed by atoms with Gasteiger partial charge in [0, 0.05) is 10.9 Å². The van der Waals surface area contributed by atoms with Gasteiger partial charge in [-0.25, -0.2) is 18.1 Å². The minimum Gasteiger partial charge on any atom is -0.398 e. The van der Waals surface area contributed by atoms with Gasteiger partial charge in [0.15, 0.2) is 0 Å². The molecular formula is C12H14N4O3S2. The van der Waals surface area contributed by atoms with Gasteiger partial charge >= 0.3 is 0 Å². The van der Waals surface area contributed by atoms with Crippen LogP contribution in [0.25, 0.3) is 0 Å². The van der Waals surface area contributed by atoms with E-state index in [2.05, 4.69) is 9.71 Å². The number of sulfonamides is 1. The number of nitrogens with two attached hydrogens (primary N) is 2. The molecule has 0 bridgehead atoms. The van der Waals surface area contributed by atoms with Gasteiger partial charge in [-0.2, -0.15) is 0 Å². The Balaban J connectivity index is 2.21. The van der Waals surface area contributed by atoms with Crippen LogP contribution in [-0.4, -0.2) is 19.3 Å². The van der Waals surface area contributed by atoms with E-state index in [-0.39, 0.29) is 22.7 Å². The number of thiazole rings is 1. The van der Waals surface area contributed by atoms with Crippen LogP contribution >= 0.6 is 11.3 Å². The van der Waals surface area contributed by atoms with Gasteiger partial charge in [-0.15, -0.1) is 11.3 Å². The molecule has 7 nitrogen and oxygen atoms in total. The van der Waals surface area contributed by atoms with Crippen LogP contribution in [0.5, 0.6) is 0 Å². The number of nitrogen functional groups attached to an aromatic ring is 1. The highest BCUT2D eigenvalue weighted by Gasteiger charge is 2.18. The van der Waals surface area contributed by atoms with Crippen LogP contribution in [0.3, 0.4) is 0 Å². The number of carbonyl (C=O) groups is 1. The Morgan fingerprint density at radius 1 is 1.43 bits per heavy atom. The highest BCUT2D eigenvalue weighted by Crippen LogP contribution is 2.20. The number of aryl methyl sites for hydroxylation is 1. The van der Waals surface area contributed by atoms with Crippen molar-refractivity contribution >= 4 is 33.0 Å². The van der Waals surface area contributed by atoms with Crippen molar-refractivity contribution in [1.29, 1.82) is 0 Å². The molecule has 5 N–H and O–H groups in total. The van der Waals surface area contributed by atoms with Gasteiger partial charge in [-0.3, -0.25) is 4.79 Å². The standard InChI is InChI=1S/C12H14N4O3S2/c1-7-16-9(6-20-7)5-15-21(18,19)11-3-2-8(12(14)17)4-10(11)13/h2-4,6,15H,5,13H2,1H3,(H2,14,17). The summed E-state index contributed by atoms with van der Waals surface area (Å²) in [5.41, 5.74) is 11.5. The summed E-state index contributed by atoms with van der Waals surface area (Å²) in [6, 6.07) is 3.81. The first-order valence-electron chi connectivity index (χ1n) is 5.89. The van der Waals surface area contributed by atoms with Crippen molar-refractivity contribution in [3.63, 3.8) is 0 Å². The van der Waals surface area contributed by atoms with Gasteiger partial charge < -0.3 is 11.5 Å². The average molecular weight is 326 g/mol. The van der Waals surface area contributed by atoms with E-state index >= 15 is 0 Å². The second-order valence-corrected chi connectivity index (χ2v) is 7.10. The van der Waals surface area contributed by atoms with Crippen LogP contribution in [0.2, 0.25) is 0 Å². The molecule has 2 aromatic rings. The normalized spacial score (nSPS) is 11.5. The molecule has 112 valence electrons. The third kappa shape index (κ3) is 3.57. The molecule has 0 atom stereocenters. The Kier molecular flexibility index (Phi) is 4.26. The van der Waals surface area contributed by atoms with Crippen molar-refractivity contribution in [2.45, 2.75) is 18.4 Å². The molecule has 0 aliphatic rings. The molecule has 9 heteroatoms. The first-order valence-corrected chi connectivity index (χ1v) is 8.26. The molecule has 0 aliphatic carbocycles. The van der Waals surface area contributed by atoms with E-state index in [1.807, 2.05) is 6.92 Å². The molecule has 1 amide bonds. The van der Waals surface area contributed by atoms with Crippen LogP contribution in [0.4, 0.5) is 5.69 Å². The van der Waals surface area contributed by atoms with Crippen molar-refractivity contribution in [2.24, 2.45) is 5.73 Å². The minimum atomic E-state index is -3.78. The molecular weight excluding hydrogens is 312 g/mol. The van der Waals surface area contributed by atoms with Crippen molar-refractivity contribution in [3.8, 4) is 0 Å². The lowest BCUT2D eigenvalue weighted by molar-refractivity contribution is 0.1000. The number of primary amides is 1. The molecule has 2 rings (SSSR count). The fraction of sp³-hybridized carbons (Fsp3) is 0.167. The molecule has 0 unspecified atom stereocenters. The van der Waals surface area contributed by atoms with Crippen LogP contribution in [0, 0.1) is 6.92 Å². The number of carbonyl (C=O) groups excluding carboxylic acids is 1. The van der Waals surface area contributed by atoms with Gasteiger partial charge in [-0.1, -0.05) is 0 Å². The summed E-state index contributed by atoms with van der Waals surface area (Å²) in [5, 5.41) is 2.63. The largest absolute Gasteiger partial charge is 0.398 e. The highest BCUT2D eigenvalue weighted by molar-refractivity contribution is 7.89. The van der Waals surface area contributed by atoms with Crippen molar-refractivity contribution < 1.29 is 13.2 Å². The van der Waals surface area contributed by atoms with Gasteiger partial charge in [0.1, 0.15) is 4.90 Å². The van der Waals surface area contributed by atoms with Crippen LogP contribution in [-0.2, 0) is 16.6 Å². The average Bonchev–Trinajstić information content (AvgIpc) is 2.82. The molecule has 1 aromatic carbocycles. The third-order valence-electron chi connectivity index (χ3n) is 2.69. The quantitative estimate of drug-likeness (QED) is 0.693. The highest BCUT2D eigenvalue weighted by atomic mass is 32.2. The number of amides is 1. The van der Waals surface area contributed by atoms with Gasteiger partial charge in [0.2, 0.25) is 15.9 Å². The molecule has 0 saturated carbocycles. The maximum Gasteiger partial charge on any atom is 0.248 e. The van der Waals surface area contributed by atoms with Crippen molar-refractivity contribution in [3.05, 3.63) is 39.8 Å². The number of anilines is 1. The molecule has 0 radical (unpaired) electrons. The molecule has 21 heavy (non-hydrogen) atoms.